The Labute approximate surface area is 175 Å². The minimum absolute atomic E-state index is 0.249. The molecule has 3 rings (SSSR count). The Morgan fingerprint density at radius 3 is 2.93 bits per heavy atom. The largest absolute Gasteiger partial charge is 0.462 e. The van der Waals surface area contributed by atoms with Gasteiger partial charge >= 0.3 is 5.97 Å². The maximum atomic E-state index is 12.6. The van der Waals surface area contributed by atoms with E-state index in [2.05, 4.69) is 15.7 Å². The monoisotopic (exact) mass is 420 g/mol. The van der Waals surface area contributed by atoms with Gasteiger partial charge in [0.25, 0.3) is 0 Å². The summed E-state index contributed by atoms with van der Waals surface area (Å²) in [5.74, 6) is -0.249. The van der Waals surface area contributed by atoms with Crippen molar-refractivity contribution >= 4 is 39.6 Å². The van der Waals surface area contributed by atoms with Gasteiger partial charge in [-0.3, -0.25) is 4.68 Å². The Kier molecular flexibility index (Phi) is 7.44. The van der Waals surface area contributed by atoms with E-state index in [9.17, 15) is 4.79 Å². The van der Waals surface area contributed by atoms with E-state index in [4.69, 9.17) is 17.0 Å². The summed E-state index contributed by atoms with van der Waals surface area (Å²) in [7, 11) is 0. The molecule has 0 bridgehead atoms. The maximum absolute atomic E-state index is 12.6. The molecule has 8 heteroatoms. The highest BCUT2D eigenvalue weighted by Gasteiger charge is 2.26. The Morgan fingerprint density at radius 1 is 1.36 bits per heavy atom. The van der Waals surface area contributed by atoms with Crippen LogP contribution in [0.25, 0.3) is 0 Å². The van der Waals surface area contributed by atoms with E-state index < -0.39 is 0 Å². The third-order valence-electron chi connectivity index (χ3n) is 4.89. The second-order valence-corrected chi connectivity index (χ2v) is 8.43. The van der Waals surface area contributed by atoms with E-state index in [-0.39, 0.29) is 5.97 Å². The first-order valence-corrected chi connectivity index (χ1v) is 11.2. The van der Waals surface area contributed by atoms with Crippen molar-refractivity contribution in [1.82, 2.24) is 15.1 Å². The fourth-order valence-corrected chi connectivity index (χ4v) is 5.01. The van der Waals surface area contributed by atoms with E-state index >= 15 is 0 Å². The van der Waals surface area contributed by atoms with Crippen LogP contribution in [0, 0.1) is 6.92 Å². The summed E-state index contributed by atoms with van der Waals surface area (Å²) in [5.41, 5.74) is 2.99. The van der Waals surface area contributed by atoms with Crippen LogP contribution in [-0.4, -0.2) is 34.0 Å². The number of aryl methyl sites for hydroxylation is 3. The van der Waals surface area contributed by atoms with E-state index in [0.717, 1.165) is 55.0 Å². The van der Waals surface area contributed by atoms with Gasteiger partial charge in [0, 0.05) is 29.9 Å². The van der Waals surface area contributed by atoms with Gasteiger partial charge in [-0.05, 0) is 69.8 Å². The number of anilines is 1. The van der Waals surface area contributed by atoms with Crippen molar-refractivity contribution in [2.75, 3.05) is 18.5 Å². The van der Waals surface area contributed by atoms with E-state index in [0.29, 0.717) is 17.3 Å². The zero-order valence-electron chi connectivity index (χ0n) is 16.5. The lowest BCUT2D eigenvalue weighted by Crippen LogP contribution is -2.30. The fourth-order valence-electron chi connectivity index (χ4n) is 3.46. The van der Waals surface area contributed by atoms with Crippen molar-refractivity contribution in [3.05, 3.63) is 34.0 Å². The molecule has 0 amide bonds. The molecule has 0 aliphatic heterocycles. The van der Waals surface area contributed by atoms with Crippen LogP contribution < -0.4 is 10.6 Å². The van der Waals surface area contributed by atoms with Crippen LogP contribution in [-0.2, 0) is 24.1 Å². The SMILES string of the molecule is CCOC(=O)c1c(NC(=S)NCCCn2nccc2C)sc2c1CCCCC2. The Bertz CT molecular complexity index is 828. The molecule has 6 nitrogen and oxygen atoms in total. The second kappa shape index (κ2) is 10.0. The van der Waals surface area contributed by atoms with Gasteiger partial charge in [0.15, 0.2) is 5.11 Å². The van der Waals surface area contributed by atoms with Gasteiger partial charge < -0.3 is 15.4 Å². The molecular formula is C20H28N4O2S2. The highest BCUT2D eigenvalue weighted by molar-refractivity contribution is 7.80. The second-order valence-electron chi connectivity index (χ2n) is 6.92. The molecule has 0 unspecified atom stereocenters. The quantitative estimate of drug-likeness (QED) is 0.305. The van der Waals surface area contributed by atoms with Gasteiger partial charge in [-0.2, -0.15) is 5.10 Å². The van der Waals surface area contributed by atoms with Gasteiger partial charge in [0.05, 0.1) is 12.2 Å². The van der Waals surface area contributed by atoms with Gasteiger partial charge in [-0.15, -0.1) is 11.3 Å². The lowest BCUT2D eigenvalue weighted by Gasteiger charge is -2.12. The summed E-state index contributed by atoms with van der Waals surface area (Å²) < 4.78 is 7.30. The number of ether oxygens (including phenoxy) is 1. The molecule has 152 valence electrons. The molecule has 0 saturated heterocycles. The molecule has 0 radical (unpaired) electrons. The van der Waals surface area contributed by atoms with E-state index in [1.807, 2.05) is 30.8 Å². The molecule has 2 N–H and O–H groups in total. The molecule has 2 aromatic heterocycles. The fraction of sp³-hybridized carbons (Fsp3) is 0.550. The van der Waals surface area contributed by atoms with Crippen molar-refractivity contribution in [3.8, 4) is 0 Å². The molecule has 0 saturated carbocycles. The van der Waals surface area contributed by atoms with E-state index in [1.165, 1.54) is 17.7 Å². The molecule has 0 spiro atoms. The van der Waals surface area contributed by atoms with E-state index in [1.54, 1.807) is 11.3 Å². The number of carbonyl (C=O) groups is 1. The van der Waals surface area contributed by atoms with Gasteiger partial charge in [0.2, 0.25) is 0 Å². The third kappa shape index (κ3) is 5.11. The lowest BCUT2D eigenvalue weighted by molar-refractivity contribution is 0.0527. The molecule has 0 aromatic carbocycles. The number of thiocarbonyl (C=S) groups is 1. The topological polar surface area (TPSA) is 68.2 Å². The summed E-state index contributed by atoms with van der Waals surface area (Å²) in [6.07, 6.45) is 8.18. The third-order valence-corrected chi connectivity index (χ3v) is 6.34. The summed E-state index contributed by atoms with van der Waals surface area (Å²) in [6, 6.07) is 2.00. The molecule has 0 atom stereocenters. The van der Waals surface area contributed by atoms with Crippen molar-refractivity contribution in [2.45, 2.75) is 58.9 Å². The summed E-state index contributed by atoms with van der Waals surface area (Å²) >= 11 is 7.11. The zero-order chi connectivity index (χ0) is 19.9. The highest BCUT2D eigenvalue weighted by Crippen LogP contribution is 2.38. The van der Waals surface area contributed by atoms with Crippen LogP contribution in [0.1, 0.15) is 59.1 Å². The highest BCUT2D eigenvalue weighted by atomic mass is 32.1. The molecule has 1 aliphatic carbocycles. The van der Waals surface area contributed by atoms with Crippen LogP contribution in [0.3, 0.4) is 0 Å². The standard InChI is InChI=1S/C20H28N4O2S2/c1-3-26-19(25)17-15-8-5-4-6-9-16(15)28-18(17)23-20(27)21-11-7-13-24-14(2)10-12-22-24/h10,12H,3-9,11,13H2,1-2H3,(H2,21,23,27). The smallest absolute Gasteiger partial charge is 0.341 e. The summed E-state index contributed by atoms with van der Waals surface area (Å²) in [6.45, 7) is 5.84. The molecule has 2 heterocycles. The van der Waals surface area contributed by atoms with Crippen molar-refractivity contribution in [1.29, 1.82) is 0 Å². The first kappa shape index (κ1) is 20.8. The molecule has 1 aliphatic rings. The number of fused-ring (bicyclic) bond motifs is 1. The summed E-state index contributed by atoms with van der Waals surface area (Å²) in [4.78, 5) is 13.9. The predicted molar refractivity (Wildman–Crippen MR) is 117 cm³/mol. The average Bonchev–Trinajstić information content (AvgIpc) is 3.14. The number of hydrogen-bond donors (Lipinski definition) is 2. The van der Waals surface area contributed by atoms with Crippen molar-refractivity contribution in [2.24, 2.45) is 0 Å². The van der Waals surface area contributed by atoms with Gasteiger partial charge in [-0.1, -0.05) is 6.42 Å². The molecular weight excluding hydrogens is 392 g/mol. The van der Waals surface area contributed by atoms with Crippen LogP contribution in [0.4, 0.5) is 5.00 Å². The van der Waals surface area contributed by atoms with Crippen LogP contribution >= 0.6 is 23.6 Å². The van der Waals surface area contributed by atoms with Crippen molar-refractivity contribution in [3.63, 3.8) is 0 Å². The molecule has 0 fully saturated rings. The van der Waals surface area contributed by atoms with Gasteiger partial charge in [0.1, 0.15) is 5.00 Å². The zero-order valence-corrected chi connectivity index (χ0v) is 18.2. The van der Waals surface area contributed by atoms with Gasteiger partial charge in [-0.25, -0.2) is 4.79 Å². The minimum Gasteiger partial charge on any atom is -0.462 e. The number of esters is 1. The molecule has 2 aromatic rings. The average molecular weight is 421 g/mol. The van der Waals surface area contributed by atoms with Crippen LogP contribution in [0.15, 0.2) is 12.3 Å². The number of hydrogen-bond acceptors (Lipinski definition) is 5. The summed E-state index contributed by atoms with van der Waals surface area (Å²) in [5, 5.41) is 12.1. The number of aromatic nitrogens is 2. The normalized spacial score (nSPS) is 13.5. The number of nitrogens with one attached hydrogen (secondary N) is 2. The Morgan fingerprint density at radius 2 is 2.18 bits per heavy atom. The van der Waals surface area contributed by atoms with Crippen LogP contribution in [0.5, 0.6) is 0 Å². The number of nitrogens with zero attached hydrogens (tertiary/aromatic N) is 2. The number of thiophene rings is 1. The maximum Gasteiger partial charge on any atom is 0.341 e. The lowest BCUT2D eigenvalue weighted by atomic mass is 10.1. The molecule has 28 heavy (non-hydrogen) atoms. The predicted octanol–water partition coefficient (Wildman–Crippen LogP) is 4.08. The number of carbonyl (C=O) groups excluding carboxylic acids is 1. The first-order valence-electron chi connectivity index (χ1n) is 9.95. The Hall–Kier alpha value is -1.93. The van der Waals surface area contributed by atoms with Crippen molar-refractivity contribution < 1.29 is 9.53 Å². The minimum atomic E-state index is -0.249. The Balaban J connectivity index is 1.61. The van der Waals surface area contributed by atoms with Crippen LogP contribution in [0.2, 0.25) is 0 Å². The number of rotatable bonds is 7. The first-order chi connectivity index (χ1) is 13.6.